The minimum atomic E-state index is -1.44. The first-order valence-corrected chi connectivity index (χ1v) is 6.98. The zero-order valence-corrected chi connectivity index (χ0v) is 14.6. The first-order chi connectivity index (χ1) is 9.91. The number of hydrogen-bond donors (Lipinski definition) is 2. The van der Waals surface area contributed by atoms with Crippen molar-refractivity contribution in [1.29, 1.82) is 0 Å². The molecule has 8 nitrogen and oxygen atoms in total. The Labute approximate surface area is 143 Å². The molecule has 1 saturated carbocycles. The Hall–Kier alpha value is -0.532. The summed E-state index contributed by atoms with van der Waals surface area (Å²) in [5.74, 6) is -2.41. The fraction of sp³-hybridized carbons (Fsp3) is 0.846. The molecule has 1 aliphatic carbocycles. The summed E-state index contributed by atoms with van der Waals surface area (Å²) in [5.41, 5.74) is 12.8. The summed E-state index contributed by atoms with van der Waals surface area (Å²) in [6.45, 7) is 2.36. The number of hydrogen-bond acceptors (Lipinski definition) is 4. The second-order valence-corrected chi connectivity index (χ2v) is 5.14. The number of ether oxygens (including phenoxy) is 2. The third kappa shape index (κ3) is 4.73. The normalized spacial score (nSPS) is 26.1. The van der Waals surface area contributed by atoms with Crippen molar-refractivity contribution in [3.05, 3.63) is 11.5 Å². The first kappa shape index (κ1) is 21.5. The zero-order chi connectivity index (χ0) is 16.0. The van der Waals surface area contributed by atoms with Crippen LogP contribution >= 0.6 is 0 Å². The summed E-state index contributed by atoms with van der Waals surface area (Å²) in [4.78, 5) is 20.7. The van der Waals surface area contributed by atoms with Gasteiger partial charge < -0.3 is 31.2 Å². The van der Waals surface area contributed by atoms with Gasteiger partial charge in [0, 0.05) is 0 Å². The molecule has 0 amide bonds. The van der Waals surface area contributed by atoms with Gasteiger partial charge in [0.2, 0.25) is 0 Å². The predicted molar refractivity (Wildman–Crippen MR) is 73.8 cm³/mol. The molecular weight excluding hydrogens is 475 g/mol. The summed E-state index contributed by atoms with van der Waals surface area (Å²) < 4.78 is 10.7. The van der Waals surface area contributed by atoms with Gasteiger partial charge in [-0.3, -0.25) is 9.59 Å². The Morgan fingerprint density at radius 1 is 1.09 bits per heavy atom. The van der Waals surface area contributed by atoms with Gasteiger partial charge in [0.05, 0.1) is 12.2 Å². The third-order valence-electron chi connectivity index (χ3n) is 3.83. The molecule has 9 heteroatoms. The largest absolute Gasteiger partial charge is 2.00 e. The summed E-state index contributed by atoms with van der Waals surface area (Å²) in [6, 6.07) is 0. The maximum Gasteiger partial charge on any atom is 2.00 e. The average molecular weight is 497 g/mol. The Kier molecular flexibility index (Phi) is 9.34. The summed E-state index contributed by atoms with van der Waals surface area (Å²) in [6.07, 6.45) is 1.51. The van der Waals surface area contributed by atoms with Crippen LogP contribution < -0.4 is 0 Å². The van der Waals surface area contributed by atoms with Crippen molar-refractivity contribution in [3.8, 4) is 0 Å². The Morgan fingerprint density at radius 3 is 1.64 bits per heavy atom. The van der Waals surface area contributed by atoms with Gasteiger partial charge in [0.15, 0.2) is 11.7 Å². The van der Waals surface area contributed by atoms with Crippen LogP contribution in [0.4, 0.5) is 0 Å². The van der Waals surface area contributed by atoms with E-state index in [0.717, 1.165) is 6.42 Å². The van der Waals surface area contributed by atoms with E-state index in [0.29, 0.717) is 6.42 Å². The molecule has 0 aromatic heterocycles. The van der Waals surface area contributed by atoms with Crippen LogP contribution in [0.5, 0.6) is 0 Å². The van der Waals surface area contributed by atoms with Gasteiger partial charge in [0.25, 0.3) is 0 Å². The standard InChI is InChI=1S/C7H14N2O2.C6H8O4.Pt/c1-2-7-10-5(3-8)6(4-9)11-7;7-4(8)6(5(9)10)2-1-3-6;/h5-9H,2-4H2,1H3;1-3H2,(H,7,8)(H,9,10);/q-2;;+2/t5-,6-;;/m1../s1. The molecule has 0 spiro atoms. The van der Waals surface area contributed by atoms with Gasteiger partial charge in [-0.25, -0.2) is 0 Å². The van der Waals surface area contributed by atoms with Crippen LogP contribution in [0, 0.1) is 5.41 Å². The van der Waals surface area contributed by atoms with Crippen LogP contribution in [0.1, 0.15) is 32.6 Å². The molecule has 2 rings (SSSR count). The number of carboxylic acids is 2. The van der Waals surface area contributed by atoms with E-state index in [1.54, 1.807) is 0 Å². The molecule has 2 fully saturated rings. The SMILES string of the molecule is CCC1O[C@H](C[NH-])[C@@H](C[NH-])O1.O=C(O)C1(C(=O)O)CCC1.[Pt+2]. The average Bonchev–Trinajstić information content (AvgIpc) is 2.79. The van der Waals surface area contributed by atoms with Gasteiger partial charge >= 0.3 is 33.0 Å². The fourth-order valence-electron chi connectivity index (χ4n) is 2.20. The molecule has 0 bridgehead atoms. The maximum absolute atomic E-state index is 10.4. The van der Waals surface area contributed by atoms with E-state index in [4.69, 9.17) is 31.2 Å². The maximum atomic E-state index is 10.4. The quantitative estimate of drug-likeness (QED) is 0.557. The van der Waals surface area contributed by atoms with E-state index in [1.807, 2.05) is 6.92 Å². The number of nitrogens with one attached hydrogen (secondary N) is 2. The topological polar surface area (TPSA) is 141 Å². The second-order valence-electron chi connectivity index (χ2n) is 5.14. The van der Waals surface area contributed by atoms with Crippen molar-refractivity contribution in [1.82, 2.24) is 0 Å². The molecule has 0 aromatic rings. The minimum absolute atomic E-state index is 0. The molecule has 4 N–H and O–H groups in total. The van der Waals surface area contributed by atoms with Gasteiger partial charge in [0.1, 0.15) is 0 Å². The van der Waals surface area contributed by atoms with Gasteiger partial charge in [-0.15, -0.1) is 13.1 Å². The van der Waals surface area contributed by atoms with Crippen LogP contribution in [0.3, 0.4) is 0 Å². The second kappa shape index (κ2) is 9.57. The van der Waals surface area contributed by atoms with E-state index in [1.165, 1.54) is 0 Å². The van der Waals surface area contributed by atoms with Gasteiger partial charge in [-0.05, 0) is 25.7 Å². The van der Waals surface area contributed by atoms with Crippen molar-refractivity contribution in [3.63, 3.8) is 0 Å². The smallest absolute Gasteiger partial charge is 0.675 e. The number of carboxylic acid groups (broad SMARTS) is 2. The molecule has 2 atom stereocenters. The van der Waals surface area contributed by atoms with Crippen LogP contribution in [0.15, 0.2) is 0 Å². The van der Waals surface area contributed by atoms with Crippen LogP contribution in [0.2, 0.25) is 0 Å². The first-order valence-electron chi connectivity index (χ1n) is 6.98. The monoisotopic (exact) mass is 497 g/mol. The summed E-state index contributed by atoms with van der Waals surface area (Å²) in [7, 11) is 0. The molecule has 1 aliphatic heterocycles. The van der Waals surface area contributed by atoms with Gasteiger partial charge in [-0.1, -0.05) is 6.92 Å². The van der Waals surface area contributed by atoms with E-state index >= 15 is 0 Å². The molecule has 2 aliphatic rings. The molecular formula is C13H22N2O6Pt. The predicted octanol–water partition coefficient (Wildman–Crippen LogP) is 1.93. The van der Waals surface area contributed by atoms with E-state index < -0.39 is 17.4 Å². The van der Waals surface area contributed by atoms with Crippen LogP contribution in [-0.2, 0) is 40.1 Å². The van der Waals surface area contributed by atoms with Crippen molar-refractivity contribution in [2.75, 3.05) is 13.1 Å². The number of carbonyl (C=O) groups is 2. The molecule has 1 saturated heterocycles. The van der Waals surface area contributed by atoms with E-state index in [-0.39, 0.29) is 65.5 Å². The number of rotatable bonds is 5. The van der Waals surface area contributed by atoms with Crippen molar-refractivity contribution in [2.24, 2.45) is 5.41 Å². The van der Waals surface area contributed by atoms with E-state index in [2.05, 4.69) is 0 Å². The molecule has 1 heterocycles. The molecule has 130 valence electrons. The Balaban J connectivity index is 0.000000385. The third-order valence-corrected chi connectivity index (χ3v) is 3.83. The summed E-state index contributed by atoms with van der Waals surface area (Å²) in [5, 5.41) is 16.9. The minimum Gasteiger partial charge on any atom is -0.675 e. The van der Waals surface area contributed by atoms with Crippen molar-refractivity contribution in [2.45, 2.75) is 51.1 Å². The molecule has 22 heavy (non-hydrogen) atoms. The van der Waals surface area contributed by atoms with Crippen LogP contribution in [0.25, 0.3) is 11.5 Å². The van der Waals surface area contributed by atoms with Gasteiger partial charge in [-0.2, -0.15) is 0 Å². The Morgan fingerprint density at radius 2 is 1.50 bits per heavy atom. The number of aliphatic carboxylic acids is 2. The summed E-state index contributed by atoms with van der Waals surface area (Å²) >= 11 is 0. The molecule has 0 aromatic carbocycles. The zero-order valence-electron chi connectivity index (χ0n) is 12.3. The molecule has 0 unspecified atom stereocenters. The Bertz CT molecular complexity index is 350. The van der Waals surface area contributed by atoms with Crippen LogP contribution in [-0.4, -0.2) is 53.7 Å². The van der Waals surface area contributed by atoms with Crippen molar-refractivity contribution >= 4 is 11.9 Å². The molecule has 0 radical (unpaired) electrons. The van der Waals surface area contributed by atoms with E-state index in [9.17, 15) is 9.59 Å². The fourth-order valence-corrected chi connectivity index (χ4v) is 2.20. The van der Waals surface area contributed by atoms with Crippen molar-refractivity contribution < 1.29 is 50.3 Å².